The van der Waals surface area contributed by atoms with Gasteiger partial charge in [0.15, 0.2) is 0 Å². The van der Waals surface area contributed by atoms with E-state index in [-0.39, 0.29) is 30.3 Å². The zero-order valence-corrected chi connectivity index (χ0v) is 11.1. The van der Waals surface area contributed by atoms with E-state index in [1.165, 1.54) is 13.4 Å². The van der Waals surface area contributed by atoms with Gasteiger partial charge in [-0.1, -0.05) is 13.8 Å². The molecule has 1 rings (SSSR count). The lowest BCUT2D eigenvalue weighted by atomic mass is 10.0. The molecule has 1 unspecified atom stereocenters. The lowest BCUT2D eigenvalue weighted by Gasteiger charge is -2.21. The van der Waals surface area contributed by atoms with Gasteiger partial charge in [-0.15, -0.1) is 0 Å². The van der Waals surface area contributed by atoms with Crippen molar-refractivity contribution >= 4 is 11.9 Å². The normalized spacial score (nSPS) is 12.3. The fourth-order valence-corrected chi connectivity index (χ4v) is 1.58. The minimum Gasteiger partial charge on any atom is -0.469 e. The van der Waals surface area contributed by atoms with Gasteiger partial charge in [-0.25, -0.2) is 0 Å². The Labute approximate surface area is 106 Å². The van der Waals surface area contributed by atoms with Crippen molar-refractivity contribution in [1.82, 2.24) is 5.32 Å². The molecule has 18 heavy (non-hydrogen) atoms. The van der Waals surface area contributed by atoms with E-state index in [0.29, 0.717) is 11.3 Å². The van der Waals surface area contributed by atoms with Crippen molar-refractivity contribution < 1.29 is 18.7 Å². The van der Waals surface area contributed by atoms with Crippen molar-refractivity contribution in [3.63, 3.8) is 0 Å². The second-order valence-corrected chi connectivity index (χ2v) is 4.49. The molecule has 1 heterocycles. The van der Waals surface area contributed by atoms with Crippen LogP contribution in [0.15, 0.2) is 16.7 Å². The van der Waals surface area contributed by atoms with E-state index in [1.54, 1.807) is 13.0 Å². The molecule has 0 spiro atoms. The van der Waals surface area contributed by atoms with E-state index in [2.05, 4.69) is 10.1 Å². The van der Waals surface area contributed by atoms with Crippen LogP contribution in [0.3, 0.4) is 0 Å². The number of esters is 1. The quantitative estimate of drug-likeness (QED) is 0.814. The fourth-order valence-electron chi connectivity index (χ4n) is 1.58. The number of hydrogen-bond acceptors (Lipinski definition) is 4. The first-order valence-corrected chi connectivity index (χ1v) is 5.87. The lowest BCUT2D eigenvalue weighted by molar-refractivity contribution is -0.141. The smallest absolute Gasteiger partial charge is 0.307 e. The number of carbonyl (C=O) groups excluding carboxylic acids is 2. The SMILES string of the molecule is COC(=O)CC(NC(=O)c1ccoc1C)C(C)C. The number of rotatable bonds is 5. The van der Waals surface area contributed by atoms with Gasteiger partial charge < -0.3 is 14.5 Å². The highest BCUT2D eigenvalue weighted by Crippen LogP contribution is 2.12. The predicted octanol–water partition coefficient (Wildman–Crippen LogP) is 1.91. The van der Waals surface area contributed by atoms with Gasteiger partial charge in [0.1, 0.15) is 5.76 Å². The van der Waals surface area contributed by atoms with Crippen molar-refractivity contribution in [3.05, 3.63) is 23.7 Å². The lowest BCUT2D eigenvalue weighted by Crippen LogP contribution is -2.40. The number of nitrogens with one attached hydrogen (secondary N) is 1. The summed E-state index contributed by atoms with van der Waals surface area (Å²) in [6.45, 7) is 5.60. The molecule has 1 aromatic heterocycles. The number of amides is 1. The van der Waals surface area contributed by atoms with E-state index < -0.39 is 0 Å². The molecule has 100 valence electrons. The van der Waals surface area contributed by atoms with Crippen LogP contribution >= 0.6 is 0 Å². The minimum absolute atomic E-state index is 0.139. The summed E-state index contributed by atoms with van der Waals surface area (Å²) >= 11 is 0. The van der Waals surface area contributed by atoms with Gasteiger partial charge in [0, 0.05) is 6.04 Å². The van der Waals surface area contributed by atoms with Crippen LogP contribution in [0.25, 0.3) is 0 Å². The van der Waals surface area contributed by atoms with Crippen LogP contribution in [0.1, 0.15) is 36.4 Å². The van der Waals surface area contributed by atoms with Gasteiger partial charge in [-0.2, -0.15) is 0 Å². The average Bonchev–Trinajstić information content (AvgIpc) is 2.74. The Hall–Kier alpha value is -1.78. The zero-order valence-electron chi connectivity index (χ0n) is 11.1. The van der Waals surface area contributed by atoms with Gasteiger partial charge in [0.25, 0.3) is 5.91 Å². The third kappa shape index (κ3) is 3.61. The van der Waals surface area contributed by atoms with E-state index in [1.807, 2.05) is 13.8 Å². The fraction of sp³-hybridized carbons (Fsp3) is 0.538. The molecule has 1 N–H and O–H groups in total. The number of hydrogen-bond donors (Lipinski definition) is 1. The highest BCUT2D eigenvalue weighted by Gasteiger charge is 2.22. The second kappa shape index (κ2) is 6.23. The van der Waals surface area contributed by atoms with Crippen molar-refractivity contribution in [2.45, 2.75) is 33.2 Å². The third-order valence-corrected chi connectivity index (χ3v) is 2.84. The molecule has 1 atom stereocenters. The number of furan rings is 1. The molecule has 0 radical (unpaired) electrons. The molecule has 0 aliphatic carbocycles. The average molecular weight is 253 g/mol. The molecule has 5 nitrogen and oxygen atoms in total. The molecule has 1 amide bonds. The Bertz CT molecular complexity index is 422. The first kappa shape index (κ1) is 14.3. The Morgan fingerprint density at radius 2 is 2.11 bits per heavy atom. The Kier molecular flexibility index (Phi) is 4.95. The standard InChI is InChI=1S/C13H19NO4/c1-8(2)11(7-12(15)17-4)14-13(16)10-5-6-18-9(10)3/h5-6,8,11H,7H2,1-4H3,(H,14,16). The maximum Gasteiger partial charge on any atom is 0.307 e. The summed E-state index contributed by atoms with van der Waals surface area (Å²) in [6.07, 6.45) is 1.63. The summed E-state index contributed by atoms with van der Waals surface area (Å²) < 4.78 is 9.70. The summed E-state index contributed by atoms with van der Waals surface area (Å²) in [5.74, 6) is 0.134. The predicted molar refractivity (Wildman–Crippen MR) is 66.2 cm³/mol. The molecule has 0 aliphatic heterocycles. The van der Waals surface area contributed by atoms with E-state index in [4.69, 9.17) is 4.42 Å². The van der Waals surface area contributed by atoms with Crippen LogP contribution < -0.4 is 5.32 Å². The summed E-state index contributed by atoms with van der Waals surface area (Å²) in [7, 11) is 1.34. The van der Waals surface area contributed by atoms with E-state index >= 15 is 0 Å². The molecule has 0 saturated heterocycles. The molecule has 0 aliphatic rings. The van der Waals surface area contributed by atoms with Gasteiger partial charge in [0.2, 0.25) is 0 Å². The van der Waals surface area contributed by atoms with Gasteiger partial charge in [-0.3, -0.25) is 9.59 Å². The summed E-state index contributed by atoms with van der Waals surface area (Å²) in [5, 5.41) is 2.83. The molecule has 0 aromatic carbocycles. The van der Waals surface area contributed by atoms with Crippen molar-refractivity contribution in [1.29, 1.82) is 0 Å². The molecule has 0 bridgehead atoms. The molecular weight excluding hydrogens is 234 g/mol. The Balaban J connectivity index is 2.70. The maximum atomic E-state index is 12.0. The monoisotopic (exact) mass is 253 g/mol. The van der Waals surface area contributed by atoms with E-state index in [0.717, 1.165) is 0 Å². The van der Waals surface area contributed by atoms with Crippen molar-refractivity contribution in [2.24, 2.45) is 5.92 Å². The second-order valence-electron chi connectivity index (χ2n) is 4.49. The molecule has 1 aromatic rings. The first-order chi connectivity index (χ1) is 8.45. The Morgan fingerprint density at radius 3 is 2.56 bits per heavy atom. The summed E-state index contributed by atoms with van der Waals surface area (Å²) in [6, 6.07) is 1.36. The topological polar surface area (TPSA) is 68.5 Å². The molecular formula is C13H19NO4. The number of ether oxygens (including phenoxy) is 1. The van der Waals surface area contributed by atoms with Crippen LogP contribution in [-0.4, -0.2) is 25.0 Å². The number of carbonyl (C=O) groups is 2. The highest BCUT2D eigenvalue weighted by atomic mass is 16.5. The molecule has 0 fully saturated rings. The first-order valence-electron chi connectivity index (χ1n) is 5.87. The maximum absolute atomic E-state index is 12.0. The van der Waals surface area contributed by atoms with Gasteiger partial charge in [0.05, 0.1) is 25.4 Å². The van der Waals surface area contributed by atoms with Gasteiger partial charge >= 0.3 is 5.97 Å². The minimum atomic E-state index is -0.335. The molecule has 5 heteroatoms. The number of methoxy groups -OCH3 is 1. The summed E-state index contributed by atoms with van der Waals surface area (Å²) in [4.78, 5) is 23.3. The summed E-state index contributed by atoms with van der Waals surface area (Å²) in [5.41, 5.74) is 0.491. The molecule has 0 saturated carbocycles. The Morgan fingerprint density at radius 1 is 1.44 bits per heavy atom. The van der Waals surface area contributed by atoms with Gasteiger partial charge in [-0.05, 0) is 18.9 Å². The highest BCUT2D eigenvalue weighted by molar-refractivity contribution is 5.95. The van der Waals surface area contributed by atoms with Crippen molar-refractivity contribution in [3.8, 4) is 0 Å². The van der Waals surface area contributed by atoms with Crippen LogP contribution in [0.5, 0.6) is 0 Å². The van der Waals surface area contributed by atoms with Crippen molar-refractivity contribution in [2.75, 3.05) is 7.11 Å². The number of aryl methyl sites for hydroxylation is 1. The van der Waals surface area contributed by atoms with Crippen LogP contribution in [0.2, 0.25) is 0 Å². The van der Waals surface area contributed by atoms with Crippen LogP contribution in [0, 0.1) is 12.8 Å². The van der Waals surface area contributed by atoms with E-state index in [9.17, 15) is 9.59 Å². The van der Waals surface area contributed by atoms with Crippen LogP contribution in [0.4, 0.5) is 0 Å². The third-order valence-electron chi connectivity index (χ3n) is 2.84. The largest absolute Gasteiger partial charge is 0.469 e. The van der Waals surface area contributed by atoms with Crippen LogP contribution in [-0.2, 0) is 9.53 Å². The zero-order chi connectivity index (χ0) is 13.7.